The third kappa shape index (κ3) is 10.5. The van der Waals surface area contributed by atoms with Crippen molar-refractivity contribution in [1.29, 1.82) is 0 Å². The molecule has 0 aliphatic carbocycles. The lowest BCUT2D eigenvalue weighted by molar-refractivity contribution is -0.192. The van der Waals surface area contributed by atoms with E-state index >= 15 is 0 Å². The molecule has 2 aromatic carbocycles. The Bertz CT molecular complexity index is 1370. The molecular formula is C25H30F4N4O7S. The number of rotatable bonds is 7. The monoisotopic (exact) mass is 606 g/mol. The maximum Gasteiger partial charge on any atom is 0.490 e. The molecule has 4 N–H and O–H groups in total. The van der Waals surface area contributed by atoms with Crippen molar-refractivity contribution >= 4 is 39.2 Å². The summed E-state index contributed by atoms with van der Waals surface area (Å²) in [6, 6.07) is 8.77. The topological polar surface area (TPSA) is 156 Å². The van der Waals surface area contributed by atoms with Crippen LogP contribution in [-0.2, 0) is 19.6 Å². The van der Waals surface area contributed by atoms with E-state index in [2.05, 4.69) is 10.0 Å². The number of carbonyl (C=O) groups excluding carboxylic acids is 1. The zero-order chi connectivity index (χ0) is 31.2. The second-order valence-electron chi connectivity index (χ2n) is 9.96. The second kappa shape index (κ2) is 13.2. The Morgan fingerprint density at radius 2 is 1.54 bits per heavy atom. The van der Waals surface area contributed by atoms with Gasteiger partial charge in [0.2, 0.25) is 5.91 Å². The van der Waals surface area contributed by atoms with Crippen molar-refractivity contribution in [1.82, 2.24) is 10.2 Å². The van der Waals surface area contributed by atoms with Gasteiger partial charge < -0.3 is 20.4 Å². The highest BCUT2D eigenvalue weighted by Crippen LogP contribution is 2.30. The van der Waals surface area contributed by atoms with E-state index in [-0.39, 0.29) is 34.1 Å². The number of carboxylic acid groups (broad SMARTS) is 2. The average Bonchev–Trinajstić information content (AvgIpc) is 2.83. The molecule has 0 unspecified atom stereocenters. The smallest absolute Gasteiger partial charge is 0.478 e. The number of nitrogens with zero attached hydrogens (tertiary/aromatic N) is 2. The lowest BCUT2D eigenvalue weighted by atomic mass is 10.1. The number of hydrogen-bond donors (Lipinski definition) is 4. The first-order valence-electron chi connectivity index (χ1n) is 12.0. The number of aliphatic carboxylic acids is 1. The van der Waals surface area contributed by atoms with Crippen LogP contribution in [0, 0.1) is 5.82 Å². The van der Waals surface area contributed by atoms with E-state index in [1.54, 1.807) is 6.07 Å². The van der Waals surface area contributed by atoms with Crippen LogP contribution >= 0.6 is 0 Å². The Labute approximate surface area is 233 Å². The number of carbonyl (C=O) groups is 3. The van der Waals surface area contributed by atoms with Gasteiger partial charge in [0.05, 0.1) is 28.4 Å². The Kier molecular flexibility index (Phi) is 10.7. The lowest BCUT2D eigenvalue weighted by Gasteiger charge is -2.37. The molecule has 1 heterocycles. The van der Waals surface area contributed by atoms with Crippen LogP contribution in [0.2, 0.25) is 0 Å². The molecule has 0 atom stereocenters. The van der Waals surface area contributed by atoms with Gasteiger partial charge in [0.1, 0.15) is 5.82 Å². The van der Waals surface area contributed by atoms with E-state index in [9.17, 15) is 40.7 Å². The Balaban J connectivity index is 0.000000745. The highest BCUT2D eigenvalue weighted by atomic mass is 32.2. The fraction of sp³-hybridized carbons (Fsp3) is 0.400. The molecule has 0 aromatic heterocycles. The molecule has 0 bridgehead atoms. The van der Waals surface area contributed by atoms with Gasteiger partial charge >= 0.3 is 18.1 Å². The molecule has 11 nitrogen and oxygen atoms in total. The fourth-order valence-electron chi connectivity index (χ4n) is 3.67. The number of amides is 1. The summed E-state index contributed by atoms with van der Waals surface area (Å²) >= 11 is 0. The molecule has 226 valence electrons. The molecule has 1 aliphatic heterocycles. The minimum absolute atomic E-state index is 0.0738. The maximum atomic E-state index is 13.6. The molecule has 1 aliphatic rings. The minimum Gasteiger partial charge on any atom is -0.478 e. The van der Waals surface area contributed by atoms with Crippen molar-refractivity contribution < 1.29 is 50.6 Å². The van der Waals surface area contributed by atoms with Gasteiger partial charge in [-0.05, 0) is 57.2 Å². The summed E-state index contributed by atoms with van der Waals surface area (Å²) in [4.78, 5) is 36.3. The first-order valence-corrected chi connectivity index (χ1v) is 13.5. The third-order valence-electron chi connectivity index (χ3n) is 5.43. The number of anilines is 2. The van der Waals surface area contributed by atoms with Gasteiger partial charge in [0.15, 0.2) is 0 Å². The van der Waals surface area contributed by atoms with Crippen LogP contribution in [0.4, 0.5) is 28.9 Å². The van der Waals surface area contributed by atoms with Crippen LogP contribution in [0.1, 0.15) is 31.1 Å². The summed E-state index contributed by atoms with van der Waals surface area (Å²) in [5.41, 5.74) is 0.184. The number of alkyl halides is 3. The van der Waals surface area contributed by atoms with Gasteiger partial charge in [-0.3, -0.25) is 14.4 Å². The largest absolute Gasteiger partial charge is 0.490 e. The molecule has 0 spiro atoms. The van der Waals surface area contributed by atoms with Crippen LogP contribution in [0.3, 0.4) is 0 Å². The van der Waals surface area contributed by atoms with Crippen molar-refractivity contribution in [2.45, 2.75) is 37.4 Å². The van der Waals surface area contributed by atoms with Crippen molar-refractivity contribution in [3.8, 4) is 0 Å². The van der Waals surface area contributed by atoms with Crippen LogP contribution in [0.5, 0.6) is 0 Å². The predicted octanol–water partition coefficient (Wildman–Crippen LogP) is 2.99. The SMILES string of the molecule is CC(C)(C)NC(=O)CN1CCN(c2ccc(C(=O)O)cc2NS(=O)(=O)c2cccc(F)c2)CC1.O=C(O)C(F)(F)F. The van der Waals surface area contributed by atoms with E-state index in [4.69, 9.17) is 9.90 Å². The molecule has 1 fully saturated rings. The Hall–Kier alpha value is -3.92. The average molecular weight is 607 g/mol. The highest BCUT2D eigenvalue weighted by Gasteiger charge is 2.38. The highest BCUT2D eigenvalue weighted by molar-refractivity contribution is 7.92. The standard InChI is InChI=1S/C23H29FN4O5S.C2HF3O2/c1-23(2,3)25-21(29)15-27-9-11-28(12-10-27)20-8-7-16(22(30)31)13-19(20)26-34(32,33)18-6-4-5-17(24)14-18;3-2(4,5)1(6)7/h4-8,13-14,26H,9-12,15H2,1-3H3,(H,25,29)(H,30,31);(H,6,7). The van der Waals surface area contributed by atoms with E-state index in [0.29, 0.717) is 31.9 Å². The summed E-state index contributed by atoms with van der Waals surface area (Å²) in [7, 11) is -4.16. The predicted molar refractivity (Wildman–Crippen MR) is 141 cm³/mol. The number of hydrogen-bond acceptors (Lipinski definition) is 7. The van der Waals surface area contributed by atoms with Gasteiger partial charge in [0, 0.05) is 31.7 Å². The third-order valence-corrected chi connectivity index (χ3v) is 6.79. The van der Waals surface area contributed by atoms with Crippen LogP contribution in [-0.4, -0.2) is 85.8 Å². The molecule has 41 heavy (non-hydrogen) atoms. The zero-order valence-electron chi connectivity index (χ0n) is 22.3. The number of piperazine rings is 1. The van der Waals surface area contributed by atoms with Gasteiger partial charge in [-0.15, -0.1) is 0 Å². The molecule has 3 rings (SSSR count). The van der Waals surface area contributed by atoms with E-state index in [0.717, 1.165) is 12.1 Å². The van der Waals surface area contributed by atoms with E-state index < -0.39 is 34.0 Å². The Morgan fingerprint density at radius 3 is 2.02 bits per heavy atom. The van der Waals surface area contributed by atoms with Gasteiger partial charge in [-0.2, -0.15) is 13.2 Å². The number of carboxylic acids is 2. The molecule has 16 heteroatoms. The number of halogens is 4. The summed E-state index contributed by atoms with van der Waals surface area (Å²) in [5.74, 6) is -4.73. The van der Waals surface area contributed by atoms with E-state index in [1.807, 2.05) is 30.6 Å². The number of benzene rings is 2. The molecule has 1 saturated heterocycles. The van der Waals surface area contributed by atoms with Crippen molar-refractivity contribution in [2.24, 2.45) is 0 Å². The van der Waals surface area contributed by atoms with Crippen molar-refractivity contribution in [3.05, 3.63) is 53.8 Å². The van der Waals surface area contributed by atoms with Gasteiger partial charge in [-0.25, -0.2) is 22.4 Å². The minimum atomic E-state index is -5.08. The van der Waals surface area contributed by atoms with Crippen LogP contribution < -0.4 is 14.9 Å². The zero-order valence-corrected chi connectivity index (χ0v) is 23.1. The quantitative estimate of drug-likeness (QED) is 0.348. The van der Waals surface area contributed by atoms with Gasteiger partial charge in [-0.1, -0.05) is 6.07 Å². The van der Waals surface area contributed by atoms with E-state index in [1.165, 1.54) is 24.3 Å². The van der Waals surface area contributed by atoms with Gasteiger partial charge in [0.25, 0.3) is 10.0 Å². The van der Waals surface area contributed by atoms with Crippen LogP contribution in [0.25, 0.3) is 0 Å². The first kappa shape index (κ1) is 33.3. The van der Waals surface area contributed by atoms with Crippen molar-refractivity contribution in [2.75, 3.05) is 42.3 Å². The molecule has 0 saturated carbocycles. The van der Waals surface area contributed by atoms with Crippen molar-refractivity contribution in [3.63, 3.8) is 0 Å². The fourth-order valence-corrected chi connectivity index (χ4v) is 4.77. The molecular weight excluding hydrogens is 576 g/mol. The number of nitrogens with one attached hydrogen (secondary N) is 2. The molecule has 1 amide bonds. The summed E-state index contributed by atoms with van der Waals surface area (Å²) in [6.45, 7) is 8.13. The lowest BCUT2D eigenvalue weighted by Crippen LogP contribution is -2.51. The first-order chi connectivity index (χ1) is 18.8. The Morgan fingerprint density at radius 1 is 0.951 bits per heavy atom. The van der Waals surface area contributed by atoms with Crippen LogP contribution in [0.15, 0.2) is 47.4 Å². The number of sulfonamides is 1. The number of aromatic carboxylic acids is 1. The summed E-state index contributed by atoms with van der Waals surface area (Å²) in [5, 5.41) is 19.4. The second-order valence-corrected chi connectivity index (χ2v) is 11.6. The summed E-state index contributed by atoms with van der Waals surface area (Å²) < 4.78 is 73.5. The maximum absolute atomic E-state index is 13.6. The normalized spacial score (nSPS) is 14.5. The summed E-state index contributed by atoms with van der Waals surface area (Å²) in [6.07, 6.45) is -5.08. The molecule has 0 radical (unpaired) electrons. The molecule has 2 aromatic rings.